The van der Waals surface area contributed by atoms with Gasteiger partial charge in [0.05, 0.1) is 11.4 Å². The number of carbonyl (C=O) groups excluding carboxylic acids is 1. The van der Waals surface area contributed by atoms with E-state index in [0.717, 1.165) is 10.6 Å². The van der Waals surface area contributed by atoms with Gasteiger partial charge in [0.2, 0.25) is 0 Å². The summed E-state index contributed by atoms with van der Waals surface area (Å²) in [6.45, 7) is 6.45. The Balaban J connectivity index is 2.47. The first-order chi connectivity index (χ1) is 13.9. The van der Waals surface area contributed by atoms with E-state index >= 15 is 4.39 Å². The predicted molar refractivity (Wildman–Crippen MR) is 109 cm³/mol. The summed E-state index contributed by atoms with van der Waals surface area (Å²) in [5.74, 6) is -6.89. The van der Waals surface area contributed by atoms with E-state index in [1.54, 1.807) is 32.9 Å². The highest BCUT2D eigenvalue weighted by Crippen LogP contribution is 2.44. The fourth-order valence-corrected chi connectivity index (χ4v) is 3.99. The summed E-state index contributed by atoms with van der Waals surface area (Å²) in [6, 6.07) is 6.85. The molecule has 0 aliphatic carbocycles. The molecular weight excluding hydrogens is 416 g/mol. The number of aliphatic carboxylic acids is 1. The second-order valence-electron chi connectivity index (χ2n) is 8.20. The van der Waals surface area contributed by atoms with Crippen LogP contribution >= 0.6 is 11.6 Å². The van der Waals surface area contributed by atoms with E-state index in [0.29, 0.717) is 5.02 Å². The lowest BCUT2D eigenvalue weighted by Crippen LogP contribution is -2.27. The van der Waals surface area contributed by atoms with E-state index in [2.05, 4.69) is 0 Å². The average Bonchev–Trinajstić information content (AvgIpc) is 2.90. The van der Waals surface area contributed by atoms with Gasteiger partial charge in [0.15, 0.2) is 17.4 Å². The number of hydrogen-bond acceptors (Lipinski definition) is 3. The Kier molecular flexibility index (Phi) is 5.37. The topological polar surface area (TPSA) is 79.5 Å². The number of aromatic nitrogens is 1. The Morgan fingerprint density at radius 3 is 2.33 bits per heavy atom. The van der Waals surface area contributed by atoms with Crippen molar-refractivity contribution in [3.8, 4) is 5.75 Å². The number of carboxylic acid groups (broad SMARTS) is 1. The normalized spacial score (nSPS) is 12.9. The molecule has 1 unspecified atom stereocenters. The molecule has 0 radical (unpaired) electrons. The monoisotopic (exact) mass is 435 g/mol. The van der Waals surface area contributed by atoms with Gasteiger partial charge >= 0.3 is 5.97 Å². The molecule has 0 bridgehead atoms. The van der Waals surface area contributed by atoms with Crippen LogP contribution in [0.3, 0.4) is 0 Å². The van der Waals surface area contributed by atoms with Gasteiger partial charge in [-0.25, -0.2) is 8.78 Å². The molecule has 1 atom stereocenters. The molecule has 0 amide bonds. The van der Waals surface area contributed by atoms with Crippen LogP contribution in [0.15, 0.2) is 30.3 Å². The van der Waals surface area contributed by atoms with Crippen LogP contribution in [-0.4, -0.2) is 26.7 Å². The van der Waals surface area contributed by atoms with Crippen molar-refractivity contribution in [3.05, 3.63) is 63.8 Å². The van der Waals surface area contributed by atoms with Gasteiger partial charge in [-0.3, -0.25) is 14.2 Å². The Hall–Kier alpha value is -2.93. The molecule has 2 aromatic carbocycles. The first-order valence-corrected chi connectivity index (χ1v) is 9.49. The molecule has 5 nitrogen and oxygen atoms in total. The number of benzene rings is 2. The molecule has 3 aromatic rings. The summed E-state index contributed by atoms with van der Waals surface area (Å²) in [4.78, 5) is 25.4. The molecule has 8 heteroatoms. The lowest BCUT2D eigenvalue weighted by atomic mass is 9.75. The molecule has 0 aliphatic heterocycles. The Bertz CT molecular complexity index is 1190. The van der Waals surface area contributed by atoms with Crippen molar-refractivity contribution >= 4 is 34.4 Å². The highest BCUT2D eigenvalue weighted by molar-refractivity contribution is 6.31. The highest BCUT2D eigenvalue weighted by atomic mass is 35.5. The molecule has 1 aromatic heterocycles. The van der Waals surface area contributed by atoms with Crippen molar-refractivity contribution in [2.45, 2.75) is 33.6 Å². The van der Waals surface area contributed by atoms with Gasteiger partial charge in [0.25, 0.3) is 5.91 Å². The number of fused-ring (bicyclic) bond motifs is 1. The third-order valence-electron chi connectivity index (χ3n) is 5.08. The molecule has 30 heavy (non-hydrogen) atoms. The summed E-state index contributed by atoms with van der Waals surface area (Å²) < 4.78 is 30.3. The standard InChI is InChI=1S/C22H20ClF2NO4/c1-10-15(17(21(29)30)22(2,3)4)16-14(9-13(24)19(27)18(16)25)26(10)20(28)11-6-5-7-12(23)8-11/h5-9,17,27H,1-4H3,(H,29,30). The van der Waals surface area contributed by atoms with Crippen molar-refractivity contribution < 1.29 is 28.6 Å². The first kappa shape index (κ1) is 21.8. The third-order valence-corrected chi connectivity index (χ3v) is 5.32. The maximum absolute atomic E-state index is 15.0. The predicted octanol–water partition coefficient (Wildman–Crippen LogP) is 5.49. The number of carboxylic acids is 1. The van der Waals surface area contributed by atoms with Gasteiger partial charge in [-0.1, -0.05) is 38.4 Å². The van der Waals surface area contributed by atoms with E-state index < -0.39 is 40.6 Å². The van der Waals surface area contributed by atoms with Crippen LogP contribution in [0.1, 0.15) is 48.3 Å². The summed E-state index contributed by atoms with van der Waals surface area (Å²) in [7, 11) is 0. The van der Waals surface area contributed by atoms with Gasteiger partial charge in [0.1, 0.15) is 0 Å². The quantitative estimate of drug-likeness (QED) is 0.570. The smallest absolute Gasteiger partial charge is 0.311 e. The average molecular weight is 436 g/mol. The summed E-state index contributed by atoms with van der Waals surface area (Å²) in [5.41, 5.74) is -0.735. The van der Waals surface area contributed by atoms with Crippen molar-refractivity contribution in [3.63, 3.8) is 0 Å². The molecule has 0 fully saturated rings. The lowest BCUT2D eigenvalue weighted by molar-refractivity contribution is -0.141. The van der Waals surface area contributed by atoms with Crippen LogP contribution in [0, 0.1) is 24.0 Å². The third kappa shape index (κ3) is 3.43. The Labute approximate surface area is 176 Å². The van der Waals surface area contributed by atoms with E-state index in [4.69, 9.17) is 11.6 Å². The zero-order valence-corrected chi connectivity index (χ0v) is 17.5. The molecule has 1 heterocycles. The number of halogens is 3. The minimum Gasteiger partial charge on any atom is -0.503 e. The van der Waals surface area contributed by atoms with Gasteiger partial charge in [0, 0.05) is 27.7 Å². The minimum absolute atomic E-state index is 0.00757. The van der Waals surface area contributed by atoms with Crippen LogP contribution in [-0.2, 0) is 4.79 Å². The lowest BCUT2D eigenvalue weighted by Gasteiger charge is -2.28. The van der Waals surface area contributed by atoms with Gasteiger partial charge < -0.3 is 10.2 Å². The molecule has 3 rings (SSSR count). The SMILES string of the molecule is Cc1c(C(C(=O)O)C(C)(C)C)c2c(F)c(O)c(F)cc2n1C(=O)c1cccc(Cl)c1. The number of phenolic OH excluding ortho intramolecular Hbond substituents is 1. The van der Waals surface area contributed by atoms with Crippen LogP contribution in [0.2, 0.25) is 5.02 Å². The molecule has 0 saturated carbocycles. The number of phenols is 1. The molecule has 0 spiro atoms. The maximum atomic E-state index is 15.0. The Morgan fingerprint density at radius 1 is 1.17 bits per heavy atom. The van der Waals surface area contributed by atoms with Crippen LogP contribution in [0.25, 0.3) is 10.9 Å². The van der Waals surface area contributed by atoms with Gasteiger partial charge in [-0.05, 0) is 36.1 Å². The fourth-order valence-electron chi connectivity index (χ4n) is 3.80. The largest absolute Gasteiger partial charge is 0.503 e. The molecular formula is C22H20ClF2NO4. The summed E-state index contributed by atoms with van der Waals surface area (Å²) >= 11 is 5.97. The van der Waals surface area contributed by atoms with Gasteiger partial charge in [-0.15, -0.1) is 0 Å². The number of rotatable bonds is 3. The Morgan fingerprint density at radius 2 is 1.80 bits per heavy atom. The number of hydrogen-bond donors (Lipinski definition) is 2. The second-order valence-corrected chi connectivity index (χ2v) is 8.64. The number of carbonyl (C=O) groups is 2. The molecule has 2 N–H and O–H groups in total. The second kappa shape index (κ2) is 7.40. The van der Waals surface area contributed by atoms with E-state index in [9.17, 15) is 24.2 Å². The van der Waals surface area contributed by atoms with E-state index in [-0.39, 0.29) is 27.7 Å². The molecule has 0 saturated heterocycles. The van der Waals surface area contributed by atoms with Crippen molar-refractivity contribution in [1.29, 1.82) is 0 Å². The van der Waals surface area contributed by atoms with E-state index in [1.165, 1.54) is 19.1 Å². The number of aromatic hydroxyl groups is 1. The molecule has 158 valence electrons. The van der Waals surface area contributed by atoms with Crippen molar-refractivity contribution in [2.24, 2.45) is 5.41 Å². The fraction of sp³-hybridized carbons (Fsp3) is 0.273. The minimum atomic E-state index is -1.31. The first-order valence-electron chi connectivity index (χ1n) is 9.11. The van der Waals surface area contributed by atoms with Crippen LogP contribution in [0.4, 0.5) is 8.78 Å². The van der Waals surface area contributed by atoms with Crippen molar-refractivity contribution in [1.82, 2.24) is 4.57 Å². The van der Waals surface area contributed by atoms with Crippen LogP contribution in [0.5, 0.6) is 5.75 Å². The maximum Gasteiger partial charge on any atom is 0.311 e. The summed E-state index contributed by atoms with van der Waals surface area (Å²) in [6.07, 6.45) is 0. The van der Waals surface area contributed by atoms with E-state index in [1.807, 2.05) is 0 Å². The van der Waals surface area contributed by atoms with Crippen LogP contribution < -0.4 is 0 Å². The number of nitrogens with zero attached hydrogens (tertiary/aromatic N) is 1. The summed E-state index contributed by atoms with van der Waals surface area (Å²) in [5, 5.41) is 19.7. The zero-order valence-electron chi connectivity index (χ0n) is 16.8. The molecule has 0 aliphatic rings. The van der Waals surface area contributed by atoms with Crippen molar-refractivity contribution in [2.75, 3.05) is 0 Å². The van der Waals surface area contributed by atoms with Gasteiger partial charge in [-0.2, -0.15) is 0 Å². The highest BCUT2D eigenvalue weighted by Gasteiger charge is 2.39. The zero-order chi connectivity index (χ0) is 22.5.